The maximum atomic E-state index is 13.6. The molecule has 2 aliphatic carbocycles. The molecule has 1 heterocycles. The van der Waals surface area contributed by atoms with Gasteiger partial charge in [0.2, 0.25) is 17.6 Å². The SMILES string of the molecule is Cc1cc(-c2ccc(C[C@H](NC(=O)C3CCC(CN)CC3)C(=O)Nc3ccc(-c4nn[nH]n4)cc3)cc2)ccc1C(=O)NC1CC1.Cl. The maximum absolute atomic E-state index is 13.6. The largest absolute Gasteiger partial charge is 0.349 e. The monoisotopic (exact) mass is 656 g/mol. The van der Waals surface area contributed by atoms with E-state index in [1.807, 2.05) is 49.4 Å². The van der Waals surface area contributed by atoms with E-state index in [0.29, 0.717) is 42.0 Å². The molecular formula is C35H41ClN8O3. The van der Waals surface area contributed by atoms with Crippen molar-refractivity contribution in [1.29, 1.82) is 0 Å². The molecule has 0 unspecified atom stereocenters. The molecule has 0 radical (unpaired) electrons. The third-order valence-corrected chi connectivity index (χ3v) is 9.05. The van der Waals surface area contributed by atoms with Crippen molar-refractivity contribution in [3.8, 4) is 22.5 Å². The highest BCUT2D eigenvalue weighted by molar-refractivity contribution is 5.98. The van der Waals surface area contributed by atoms with Gasteiger partial charge < -0.3 is 21.7 Å². The number of carbonyl (C=O) groups is 3. The van der Waals surface area contributed by atoms with Crippen molar-refractivity contribution in [2.75, 3.05) is 11.9 Å². The lowest BCUT2D eigenvalue weighted by molar-refractivity contribution is -0.130. The summed E-state index contributed by atoms with van der Waals surface area (Å²) in [6, 6.07) is 20.5. The van der Waals surface area contributed by atoms with Crippen LogP contribution in [0.15, 0.2) is 66.7 Å². The zero-order valence-electron chi connectivity index (χ0n) is 26.4. The molecule has 4 aromatic rings. The Hall–Kier alpha value is -4.61. The number of H-pyrrole nitrogens is 1. The van der Waals surface area contributed by atoms with Crippen LogP contribution in [0.4, 0.5) is 5.69 Å². The van der Waals surface area contributed by atoms with E-state index in [1.165, 1.54) is 0 Å². The van der Waals surface area contributed by atoms with Crippen LogP contribution in [0.25, 0.3) is 22.5 Å². The van der Waals surface area contributed by atoms with E-state index in [4.69, 9.17) is 5.73 Å². The lowest BCUT2D eigenvalue weighted by Crippen LogP contribution is -2.48. The molecule has 3 aromatic carbocycles. The van der Waals surface area contributed by atoms with Crippen molar-refractivity contribution in [3.63, 3.8) is 0 Å². The Morgan fingerprint density at radius 3 is 2.19 bits per heavy atom. The number of hydrogen-bond acceptors (Lipinski definition) is 7. The number of nitrogens with one attached hydrogen (secondary N) is 4. The number of hydrogen-bond donors (Lipinski definition) is 5. The van der Waals surface area contributed by atoms with Crippen LogP contribution in [0.3, 0.4) is 0 Å². The van der Waals surface area contributed by atoms with Gasteiger partial charge in [0.25, 0.3) is 5.91 Å². The summed E-state index contributed by atoms with van der Waals surface area (Å²) in [7, 11) is 0. The number of carbonyl (C=O) groups excluding carboxylic acids is 3. The number of aromatic nitrogens is 4. The van der Waals surface area contributed by atoms with Gasteiger partial charge in [0.1, 0.15) is 6.04 Å². The molecule has 246 valence electrons. The number of amides is 3. The highest BCUT2D eigenvalue weighted by atomic mass is 35.5. The first-order chi connectivity index (χ1) is 22.4. The van der Waals surface area contributed by atoms with Gasteiger partial charge in [-0.05, 0) is 116 Å². The number of halogens is 1. The average Bonchev–Trinajstić information content (AvgIpc) is 3.72. The van der Waals surface area contributed by atoms with Gasteiger partial charge >= 0.3 is 0 Å². The molecule has 2 saturated carbocycles. The molecule has 0 bridgehead atoms. The smallest absolute Gasteiger partial charge is 0.251 e. The summed E-state index contributed by atoms with van der Waals surface area (Å²) in [5, 5.41) is 23.1. The number of rotatable bonds is 11. The molecule has 0 saturated heterocycles. The number of anilines is 1. The molecule has 11 nitrogen and oxygen atoms in total. The molecule has 1 aromatic heterocycles. The topological polar surface area (TPSA) is 168 Å². The number of nitrogens with two attached hydrogens (primary N) is 1. The van der Waals surface area contributed by atoms with Crippen molar-refractivity contribution < 1.29 is 14.4 Å². The summed E-state index contributed by atoms with van der Waals surface area (Å²) < 4.78 is 0. The summed E-state index contributed by atoms with van der Waals surface area (Å²) in [5.74, 6) is 0.367. The van der Waals surface area contributed by atoms with Crippen LogP contribution in [0, 0.1) is 18.8 Å². The number of tetrazole rings is 1. The van der Waals surface area contributed by atoms with Gasteiger partial charge in [-0.1, -0.05) is 36.4 Å². The second kappa shape index (κ2) is 15.3. The van der Waals surface area contributed by atoms with E-state index in [1.54, 1.807) is 24.3 Å². The Morgan fingerprint density at radius 1 is 0.894 bits per heavy atom. The first-order valence-corrected chi connectivity index (χ1v) is 16.0. The molecule has 0 spiro atoms. The van der Waals surface area contributed by atoms with E-state index in [-0.39, 0.29) is 36.0 Å². The zero-order valence-corrected chi connectivity index (χ0v) is 27.2. The molecule has 6 rings (SSSR count). The van der Waals surface area contributed by atoms with Crippen molar-refractivity contribution in [2.24, 2.45) is 17.6 Å². The zero-order chi connectivity index (χ0) is 32.0. The molecule has 1 atom stereocenters. The second-order valence-electron chi connectivity index (χ2n) is 12.5. The molecule has 47 heavy (non-hydrogen) atoms. The first kappa shape index (κ1) is 33.7. The molecule has 2 aliphatic rings. The molecule has 3 amide bonds. The molecule has 2 fully saturated rings. The van der Waals surface area contributed by atoms with E-state index >= 15 is 0 Å². The summed E-state index contributed by atoms with van der Waals surface area (Å²) >= 11 is 0. The highest BCUT2D eigenvalue weighted by Gasteiger charge is 2.29. The third kappa shape index (κ3) is 8.60. The Bertz CT molecular complexity index is 1670. The van der Waals surface area contributed by atoms with Gasteiger partial charge in [-0.3, -0.25) is 14.4 Å². The quantitative estimate of drug-likeness (QED) is 0.157. The van der Waals surface area contributed by atoms with E-state index < -0.39 is 6.04 Å². The Labute approximate surface area is 280 Å². The molecule has 0 aliphatic heterocycles. The van der Waals surface area contributed by atoms with Crippen molar-refractivity contribution in [1.82, 2.24) is 31.3 Å². The van der Waals surface area contributed by atoms with Crippen molar-refractivity contribution in [3.05, 3.63) is 83.4 Å². The second-order valence-corrected chi connectivity index (χ2v) is 12.5. The first-order valence-electron chi connectivity index (χ1n) is 16.0. The standard InChI is InChI=1S/C35H40N8O3.ClH/c1-21-18-27(12-17-30(21)34(45)37-29-15-16-29)24-6-2-22(3-7-24)19-31(39-33(44)26-8-4-23(20-36)5-9-26)35(46)38-28-13-10-25(11-14-28)32-40-42-43-41-32;/h2-3,6-7,10-14,17-18,23,26,29,31H,4-5,8-9,15-16,19-20,36H2,1H3,(H,37,45)(H,38,46)(H,39,44)(H,40,41,42,43);1H/t23?,26?,31-;/m0./s1. The summed E-state index contributed by atoms with van der Waals surface area (Å²) in [4.78, 5) is 39.5. The normalized spacial score (nSPS) is 18.0. The Kier molecular flexibility index (Phi) is 11.0. The fourth-order valence-corrected chi connectivity index (χ4v) is 6.03. The van der Waals surface area contributed by atoms with E-state index in [0.717, 1.165) is 66.3 Å². The summed E-state index contributed by atoms with van der Waals surface area (Å²) in [6.07, 6.45) is 5.82. The Balaban J connectivity index is 0.00000433. The van der Waals surface area contributed by atoms with E-state index in [2.05, 4.69) is 36.6 Å². The van der Waals surface area contributed by atoms with Crippen LogP contribution in [-0.2, 0) is 16.0 Å². The van der Waals surface area contributed by atoms with Gasteiger partial charge in [-0.2, -0.15) is 5.21 Å². The highest BCUT2D eigenvalue weighted by Crippen LogP contribution is 2.29. The average molecular weight is 657 g/mol. The fraction of sp³-hybridized carbons (Fsp3) is 0.371. The third-order valence-electron chi connectivity index (χ3n) is 9.05. The van der Waals surface area contributed by atoms with Crippen LogP contribution in [-0.4, -0.2) is 57.0 Å². The van der Waals surface area contributed by atoms with Crippen LogP contribution >= 0.6 is 12.4 Å². The minimum atomic E-state index is -0.769. The molecule has 12 heteroatoms. The molecular weight excluding hydrogens is 616 g/mol. The predicted molar refractivity (Wildman–Crippen MR) is 183 cm³/mol. The van der Waals surface area contributed by atoms with Crippen LogP contribution in [0.2, 0.25) is 0 Å². The number of benzene rings is 3. The van der Waals surface area contributed by atoms with Crippen LogP contribution in [0.1, 0.15) is 60.0 Å². The van der Waals surface area contributed by atoms with Crippen molar-refractivity contribution in [2.45, 2.75) is 64.0 Å². The minimum Gasteiger partial charge on any atom is -0.349 e. The maximum Gasteiger partial charge on any atom is 0.251 e. The fourth-order valence-electron chi connectivity index (χ4n) is 6.03. The molecule has 6 N–H and O–H groups in total. The van der Waals surface area contributed by atoms with Crippen LogP contribution in [0.5, 0.6) is 0 Å². The van der Waals surface area contributed by atoms with Gasteiger partial charge in [-0.25, -0.2) is 0 Å². The van der Waals surface area contributed by atoms with Crippen LogP contribution < -0.4 is 21.7 Å². The summed E-state index contributed by atoms with van der Waals surface area (Å²) in [6.45, 7) is 2.59. The van der Waals surface area contributed by atoms with Gasteiger partial charge in [0, 0.05) is 35.2 Å². The van der Waals surface area contributed by atoms with Gasteiger partial charge in [-0.15, -0.1) is 22.6 Å². The van der Waals surface area contributed by atoms with Crippen molar-refractivity contribution >= 4 is 35.8 Å². The van der Waals surface area contributed by atoms with Gasteiger partial charge in [0.05, 0.1) is 0 Å². The van der Waals surface area contributed by atoms with E-state index in [9.17, 15) is 14.4 Å². The lowest BCUT2D eigenvalue weighted by atomic mass is 9.81. The number of nitrogens with zero attached hydrogens (tertiary/aromatic N) is 3. The Morgan fingerprint density at radius 2 is 1.57 bits per heavy atom. The number of aryl methyl sites for hydroxylation is 1. The van der Waals surface area contributed by atoms with Gasteiger partial charge in [0.15, 0.2) is 0 Å². The number of aromatic amines is 1. The minimum absolute atomic E-state index is 0. The predicted octanol–water partition coefficient (Wildman–Crippen LogP) is 4.59. The lowest BCUT2D eigenvalue weighted by Gasteiger charge is -2.28. The summed E-state index contributed by atoms with van der Waals surface area (Å²) in [5.41, 5.74) is 11.8.